The Morgan fingerprint density at radius 3 is 2.95 bits per heavy atom. The molecule has 0 saturated heterocycles. The van der Waals surface area contributed by atoms with Crippen LogP contribution in [0.1, 0.15) is 13.8 Å². The zero-order valence-electron chi connectivity index (χ0n) is 11.2. The molecule has 0 radical (unpaired) electrons. The van der Waals surface area contributed by atoms with Gasteiger partial charge >= 0.3 is 0 Å². The van der Waals surface area contributed by atoms with Crippen LogP contribution in [0, 0.1) is 0 Å². The molecule has 0 spiro atoms. The van der Waals surface area contributed by atoms with Crippen molar-refractivity contribution in [3.8, 4) is 0 Å². The molecule has 2 heterocycles. The fourth-order valence-corrected chi connectivity index (χ4v) is 2.64. The molecule has 104 valence electrons. The van der Waals surface area contributed by atoms with Crippen molar-refractivity contribution in [1.29, 1.82) is 0 Å². The van der Waals surface area contributed by atoms with Gasteiger partial charge in [0.05, 0.1) is 12.0 Å². The third kappa shape index (κ3) is 3.12. The van der Waals surface area contributed by atoms with Crippen molar-refractivity contribution in [3.63, 3.8) is 0 Å². The van der Waals surface area contributed by atoms with Crippen molar-refractivity contribution >= 4 is 33.3 Å². The first-order valence-electron chi connectivity index (χ1n) is 6.34. The molecule has 0 aliphatic heterocycles. The predicted octanol–water partition coefficient (Wildman–Crippen LogP) is 1.84. The third-order valence-electron chi connectivity index (χ3n) is 2.82. The predicted molar refractivity (Wildman–Crippen MR) is 79.6 cm³/mol. The number of hydrogen-bond acceptors (Lipinski definition) is 7. The average molecular weight is 281 g/mol. The molecule has 0 unspecified atom stereocenters. The Hall–Kier alpha value is -1.44. The largest absolute Gasteiger partial charge is 0.380 e. The lowest BCUT2D eigenvalue weighted by atomic mass is 10.3. The molecule has 0 aliphatic rings. The van der Waals surface area contributed by atoms with Crippen LogP contribution in [0.2, 0.25) is 0 Å². The van der Waals surface area contributed by atoms with Crippen LogP contribution >= 0.6 is 11.3 Å². The Labute approximate surface area is 116 Å². The molecule has 7 heteroatoms. The van der Waals surface area contributed by atoms with E-state index < -0.39 is 0 Å². The smallest absolute Gasteiger partial charge is 0.240 e. The van der Waals surface area contributed by atoms with Crippen LogP contribution in [-0.2, 0) is 4.74 Å². The lowest BCUT2D eigenvalue weighted by Gasteiger charge is -2.22. The molecule has 0 aromatic carbocycles. The van der Waals surface area contributed by atoms with Crippen LogP contribution in [0.4, 0.5) is 11.8 Å². The number of thiophene rings is 1. The maximum absolute atomic E-state index is 5.43. The van der Waals surface area contributed by atoms with Gasteiger partial charge < -0.3 is 9.64 Å². The maximum Gasteiger partial charge on any atom is 0.240 e. The minimum atomic E-state index is 0.444. The molecule has 6 nitrogen and oxygen atoms in total. The lowest BCUT2D eigenvalue weighted by Crippen LogP contribution is -2.28. The van der Waals surface area contributed by atoms with Crippen molar-refractivity contribution < 1.29 is 4.74 Å². The number of ether oxygens (including phenoxy) is 1. The Balaban J connectivity index is 2.31. The highest BCUT2D eigenvalue weighted by Gasteiger charge is 2.13. The number of nitrogens with one attached hydrogen (secondary N) is 1. The number of nitrogen functional groups attached to an aromatic ring is 1. The normalized spacial score (nSPS) is 10.9. The van der Waals surface area contributed by atoms with E-state index in [-0.39, 0.29) is 0 Å². The second kappa shape index (κ2) is 6.65. The van der Waals surface area contributed by atoms with Crippen LogP contribution in [0.15, 0.2) is 11.4 Å². The van der Waals surface area contributed by atoms with E-state index in [4.69, 9.17) is 10.6 Å². The summed E-state index contributed by atoms with van der Waals surface area (Å²) in [7, 11) is 0. The SMILES string of the molecule is CCOCCN(CC)c1nc(NN)nc2sccc12. The standard InChI is InChI=1S/C12H19N5OS/c1-3-17(6-7-18-4-2)10-9-5-8-19-11(9)15-12(14-10)16-13/h5,8H,3-4,6-7,13H2,1-2H3,(H,14,15,16). The molecule has 0 aliphatic carbocycles. The molecule has 0 amide bonds. The van der Waals surface area contributed by atoms with Gasteiger partial charge in [-0.1, -0.05) is 0 Å². The number of anilines is 2. The van der Waals surface area contributed by atoms with Gasteiger partial charge in [-0.25, -0.2) is 10.8 Å². The molecule has 0 fully saturated rings. The first kappa shape index (κ1) is 14.0. The first-order valence-corrected chi connectivity index (χ1v) is 7.22. The quantitative estimate of drug-likeness (QED) is 0.458. The van der Waals surface area contributed by atoms with Gasteiger partial charge in [0.2, 0.25) is 5.95 Å². The zero-order chi connectivity index (χ0) is 13.7. The van der Waals surface area contributed by atoms with E-state index in [1.54, 1.807) is 11.3 Å². The molecular formula is C12H19N5OS. The number of aromatic nitrogens is 2. The molecule has 0 atom stereocenters. The van der Waals surface area contributed by atoms with E-state index in [0.29, 0.717) is 12.6 Å². The summed E-state index contributed by atoms with van der Waals surface area (Å²) in [6.45, 7) is 7.17. The van der Waals surface area contributed by atoms with Crippen molar-refractivity contribution in [2.75, 3.05) is 36.6 Å². The summed E-state index contributed by atoms with van der Waals surface area (Å²) in [6.07, 6.45) is 0. The number of hydrogen-bond donors (Lipinski definition) is 2. The molecular weight excluding hydrogens is 262 g/mol. The molecule has 19 heavy (non-hydrogen) atoms. The number of fused-ring (bicyclic) bond motifs is 1. The highest BCUT2D eigenvalue weighted by molar-refractivity contribution is 7.16. The summed E-state index contributed by atoms with van der Waals surface area (Å²) in [5.41, 5.74) is 2.52. The monoisotopic (exact) mass is 281 g/mol. The number of hydrazine groups is 1. The molecule has 3 N–H and O–H groups in total. The zero-order valence-corrected chi connectivity index (χ0v) is 12.0. The summed E-state index contributed by atoms with van der Waals surface area (Å²) in [6, 6.07) is 2.04. The van der Waals surface area contributed by atoms with Gasteiger partial charge in [0.1, 0.15) is 10.6 Å². The molecule has 0 saturated carbocycles. The summed E-state index contributed by atoms with van der Waals surface area (Å²) < 4.78 is 5.41. The minimum Gasteiger partial charge on any atom is -0.380 e. The van der Waals surface area contributed by atoms with E-state index in [1.165, 1.54) is 0 Å². The van der Waals surface area contributed by atoms with Crippen molar-refractivity contribution in [2.45, 2.75) is 13.8 Å². The van der Waals surface area contributed by atoms with Crippen LogP contribution in [0.3, 0.4) is 0 Å². The highest BCUT2D eigenvalue weighted by Crippen LogP contribution is 2.28. The average Bonchev–Trinajstić information content (AvgIpc) is 2.91. The van der Waals surface area contributed by atoms with Crippen molar-refractivity contribution in [1.82, 2.24) is 9.97 Å². The second-order valence-electron chi connectivity index (χ2n) is 3.93. The van der Waals surface area contributed by atoms with E-state index in [1.807, 2.05) is 18.4 Å². The summed E-state index contributed by atoms with van der Waals surface area (Å²) >= 11 is 1.58. The Morgan fingerprint density at radius 1 is 1.42 bits per heavy atom. The van der Waals surface area contributed by atoms with Gasteiger partial charge in [-0.15, -0.1) is 11.3 Å². The van der Waals surface area contributed by atoms with Gasteiger partial charge in [0, 0.05) is 19.7 Å². The number of rotatable bonds is 7. The second-order valence-corrected chi connectivity index (χ2v) is 4.83. The van der Waals surface area contributed by atoms with Crippen molar-refractivity contribution in [2.24, 2.45) is 5.84 Å². The molecule has 2 aromatic rings. The van der Waals surface area contributed by atoms with Gasteiger partial charge in [-0.05, 0) is 25.3 Å². The number of likely N-dealkylation sites (N-methyl/N-ethyl adjacent to an activating group) is 1. The van der Waals surface area contributed by atoms with E-state index >= 15 is 0 Å². The summed E-state index contributed by atoms with van der Waals surface area (Å²) in [5.74, 6) is 6.78. The summed E-state index contributed by atoms with van der Waals surface area (Å²) in [5, 5.41) is 3.07. The molecule has 0 bridgehead atoms. The Bertz CT molecular complexity index is 530. The fourth-order valence-electron chi connectivity index (χ4n) is 1.88. The van der Waals surface area contributed by atoms with E-state index in [2.05, 4.69) is 27.2 Å². The van der Waals surface area contributed by atoms with E-state index in [9.17, 15) is 0 Å². The fraction of sp³-hybridized carbons (Fsp3) is 0.500. The van der Waals surface area contributed by atoms with Gasteiger partial charge in [0.15, 0.2) is 0 Å². The topological polar surface area (TPSA) is 76.3 Å². The van der Waals surface area contributed by atoms with E-state index in [0.717, 1.165) is 35.7 Å². The summed E-state index contributed by atoms with van der Waals surface area (Å²) in [4.78, 5) is 11.9. The Morgan fingerprint density at radius 2 is 2.26 bits per heavy atom. The Kier molecular flexibility index (Phi) is 4.89. The number of nitrogens with zero attached hydrogens (tertiary/aromatic N) is 3. The number of nitrogens with two attached hydrogens (primary N) is 1. The minimum absolute atomic E-state index is 0.444. The van der Waals surface area contributed by atoms with Crippen LogP contribution in [0.25, 0.3) is 10.2 Å². The maximum atomic E-state index is 5.43. The highest BCUT2D eigenvalue weighted by atomic mass is 32.1. The van der Waals surface area contributed by atoms with Crippen molar-refractivity contribution in [3.05, 3.63) is 11.4 Å². The van der Waals surface area contributed by atoms with Gasteiger partial charge in [-0.3, -0.25) is 5.43 Å². The molecule has 2 rings (SSSR count). The van der Waals surface area contributed by atoms with Gasteiger partial charge in [-0.2, -0.15) is 4.98 Å². The van der Waals surface area contributed by atoms with Crippen LogP contribution in [-0.4, -0.2) is 36.3 Å². The third-order valence-corrected chi connectivity index (χ3v) is 3.63. The first-order chi connectivity index (χ1) is 9.30. The molecule has 2 aromatic heterocycles. The lowest BCUT2D eigenvalue weighted by molar-refractivity contribution is 0.154. The van der Waals surface area contributed by atoms with Crippen LogP contribution in [0.5, 0.6) is 0 Å². The van der Waals surface area contributed by atoms with Gasteiger partial charge in [0.25, 0.3) is 0 Å². The van der Waals surface area contributed by atoms with Crippen LogP contribution < -0.4 is 16.2 Å².